The molecule has 0 fully saturated rings. The van der Waals surface area contributed by atoms with Crippen LogP contribution in [0, 0.1) is 0 Å². The van der Waals surface area contributed by atoms with E-state index in [1.165, 1.54) is 76.3 Å². The van der Waals surface area contributed by atoms with E-state index in [2.05, 4.69) is 150 Å². The predicted octanol–water partition coefficient (Wildman–Crippen LogP) is 10.3. The van der Waals surface area contributed by atoms with E-state index in [1.54, 1.807) is 0 Å². The molecule has 9 aromatic rings. The van der Waals surface area contributed by atoms with E-state index in [9.17, 15) is 0 Å². The van der Waals surface area contributed by atoms with Crippen LogP contribution in [-0.4, -0.2) is 4.40 Å². The van der Waals surface area contributed by atoms with Gasteiger partial charge in [-0.15, -0.1) is 0 Å². The molecule has 0 bridgehead atoms. The van der Waals surface area contributed by atoms with Gasteiger partial charge in [0.1, 0.15) is 0 Å². The molecule has 0 atom stereocenters. The number of nitrogens with zero attached hydrogens (tertiary/aromatic N) is 1. The normalized spacial score (nSPS) is 12.2. The van der Waals surface area contributed by atoms with Crippen molar-refractivity contribution in [3.05, 3.63) is 162 Å². The molecule has 0 unspecified atom stereocenters. The Balaban J connectivity index is 1.35. The summed E-state index contributed by atoms with van der Waals surface area (Å²) in [7, 11) is 0. The molecule has 7 aromatic carbocycles. The second-order valence-corrected chi connectivity index (χ2v) is 11.0. The van der Waals surface area contributed by atoms with Gasteiger partial charge in [-0.25, -0.2) is 0 Å². The molecule has 40 heavy (non-hydrogen) atoms. The van der Waals surface area contributed by atoms with Crippen molar-refractivity contribution in [2.45, 2.75) is 5.92 Å². The van der Waals surface area contributed by atoms with E-state index in [-0.39, 0.29) is 5.92 Å². The number of fused-ring (bicyclic) bond motifs is 8. The molecule has 186 valence electrons. The van der Waals surface area contributed by atoms with Gasteiger partial charge in [0, 0.05) is 27.5 Å². The van der Waals surface area contributed by atoms with Crippen LogP contribution >= 0.6 is 0 Å². The molecule has 0 aliphatic heterocycles. The average Bonchev–Trinajstić information content (AvgIpc) is 3.51. The van der Waals surface area contributed by atoms with Gasteiger partial charge in [0.25, 0.3) is 0 Å². The monoisotopic (exact) mass is 507 g/mol. The number of benzene rings is 7. The SMILES string of the molecule is c1ccc(C(c2ccccc2)c2ccc3cc4c5cccc6c7cc8ccccc8cc7n(c4cc3c2)c65)cc1. The number of rotatable bonds is 3. The molecule has 9 rings (SSSR count). The Morgan fingerprint density at radius 2 is 0.875 bits per heavy atom. The van der Waals surface area contributed by atoms with Gasteiger partial charge >= 0.3 is 0 Å². The van der Waals surface area contributed by atoms with Gasteiger partial charge in [-0.05, 0) is 62.5 Å². The highest BCUT2D eigenvalue weighted by Crippen LogP contribution is 2.42. The Labute approximate surface area is 231 Å². The summed E-state index contributed by atoms with van der Waals surface area (Å²) in [6, 6.07) is 53.8. The van der Waals surface area contributed by atoms with E-state index < -0.39 is 0 Å². The zero-order valence-corrected chi connectivity index (χ0v) is 21.9. The standard InChI is InChI=1S/C39H25N/c1-3-10-25(11-4-1)38(26-12-5-2-6-13-26)30-19-18-29-22-35-33-17-9-16-32-34-21-27-14-7-8-15-28(27)23-36(34)40(39(32)33)37(35)24-31(29)20-30/h1-24,38H. The molecule has 0 aliphatic carbocycles. The van der Waals surface area contributed by atoms with Gasteiger partial charge in [-0.2, -0.15) is 0 Å². The Bertz CT molecular complexity index is 2320. The van der Waals surface area contributed by atoms with Crippen molar-refractivity contribution in [2.75, 3.05) is 0 Å². The maximum Gasteiger partial charge on any atom is 0.0620 e. The van der Waals surface area contributed by atoms with E-state index in [4.69, 9.17) is 0 Å². The van der Waals surface area contributed by atoms with Crippen LogP contribution in [0.15, 0.2) is 146 Å². The summed E-state index contributed by atoms with van der Waals surface area (Å²) in [6.07, 6.45) is 0. The topological polar surface area (TPSA) is 4.41 Å². The zero-order valence-electron chi connectivity index (χ0n) is 21.9. The lowest BCUT2D eigenvalue weighted by atomic mass is 9.84. The summed E-state index contributed by atoms with van der Waals surface area (Å²) in [4.78, 5) is 0. The molecule has 0 saturated carbocycles. The first-order chi connectivity index (χ1) is 19.8. The second kappa shape index (κ2) is 8.18. The van der Waals surface area contributed by atoms with Gasteiger partial charge in [0.2, 0.25) is 0 Å². The largest absolute Gasteiger partial charge is 0.308 e. The van der Waals surface area contributed by atoms with E-state index in [0.29, 0.717) is 0 Å². The first-order valence-electron chi connectivity index (χ1n) is 14.0. The van der Waals surface area contributed by atoms with E-state index in [0.717, 1.165) is 0 Å². The van der Waals surface area contributed by atoms with Crippen molar-refractivity contribution in [2.24, 2.45) is 0 Å². The maximum absolute atomic E-state index is 2.50. The average molecular weight is 508 g/mol. The Morgan fingerprint density at radius 1 is 0.350 bits per heavy atom. The highest BCUT2D eigenvalue weighted by Gasteiger charge is 2.20. The first-order valence-corrected chi connectivity index (χ1v) is 14.0. The Kier molecular flexibility index (Phi) is 4.45. The molecule has 0 amide bonds. The van der Waals surface area contributed by atoms with Crippen LogP contribution in [0.3, 0.4) is 0 Å². The van der Waals surface area contributed by atoms with Crippen molar-refractivity contribution in [1.82, 2.24) is 4.40 Å². The minimum atomic E-state index is 0.183. The Morgan fingerprint density at radius 3 is 1.50 bits per heavy atom. The molecular formula is C39H25N. The molecule has 0 saturated heterocycles. The summed E-state index contributed by atoms with van der Waals surface area (Å²) < 4.78 is 2.50. The molecule has 2 heterocycles. The number of hydrogen-bond acceptors (Lipinski definition) is 0. The number of hydrogen-bond donors (Lipinski definition) is 0. The lowest BCUT2D eigenvalue weighted by Gasteiger charge is -2.19. The number of aromatic nitrogens is 1. The third kappa shape index (κ3) is 3.03. The quantitative estimate of drug-likeness (QED) is 0.210. The van der Waals surface area contributed by atoms with Crippen LogP contribution in [0.2, 0.25) is 0 Å². The fourth-order valence-electron chi connectivity index (χ4n) is 6.97. The lowest BCUT2D eigenvalue weighted by Crippen LogP contribution is -2.03. The third-order valence-electron chi connectivity index (χ3n) is 8.76. The highest BCUT2D eigenvalue weighted by molar-refractivity contribution is 6.25. The first kappa shape index (κ1) is 21.8. The van der Waals surface area contributed by atoms with Crippen LogP contribution in [0.25, 0.3) is 59.6 Å². The van der Waals surface area contributed by atoms with E-state index in [1.807, 2.05) is 0 Å². The molecule has 2 aromatic heterocycles. The molecule has 1 heteroatoms. The van der Waals surface area contributed by atoms with Crippen molar-refractivity contribution >= 4 is 59.6 Å². The Hall–Kier alpha value is -5.14. The van der Waals surface area contributed by atoms with Crippen LogP contribution in [0.4, 0.5) is 0 Å². The van der Waals surface area contributed by atoms with Crippen LogP contribution in [0.5, 0.6) is 0 Å². The van der Waals surface area contributed by atoms with Gasteiger partial charge in [-0.3, -0.25) is 0 Å². The van der Waals surface area contributed by atoms with Crippen molar-refractivity contribution in [3.8, 4) is 0 Å². The van der Waals surface area contributed by atoms with Gasteiger partial charge in [-0.1, -0.05) is 121 Å². The molecule has 1 nitrogen and oxygen atoms in total. The minimum Gasteiger partial charge on any atom is -0.308 e. The van der Waals surface area contributed by atoms with E-state index >= 15 is 0 Å². The summed E-state index contributed by atoms with van der Waals surface area (Å²) in [6.45, 7) is 0. The van der Waals surface area contributed by atoms with Crippen molar-refractivity contribution in [1.29, 1.82) is 0 Å². The summed E-state index contributed by atoms with van der Waals surface area (Å²) in [5.74, 6) is 0.183. The predicted molar refractivity (Wildman–Crippen MR) is 170 cm³/mol. The molecule has 0 aliphatic rings. The third-order valence-corrected chi connectivity index (χ3v) is 8.76. The van der Waals surface area contributed by atoms with Gasteiger partial charge in [0.15, 0.2) is 0 Å². The summed E-state index contributed by atoms with van der Waals surface area (Å²) in [5.41, 5.74) is 7.82. The minimum absolute atomic E-state index is 0.183. The van der Waals surface area contributed by atoms with Crippen LogP contribution < -0.4 is 0 Å². The molecule has 0 radical (unpaired) electrons. The zero-order chi connectivity index (χ0) is 26.2. The highest BCUT2D eigenvalue weighted by atomic mass is 14.9. The fraction of sp³-hybridized carbons (Fsp3) is 0.0256. The van der Waals surface area contributed by atoms with Crippen LogP contribution in [-0.2, 0) is 0 Å². The molecule has 0 N–H and O–H groups in total. The van der Waals surface area contributed by atoms with Gasteiger partial charge < -0.3 is 4.40 Å². The fourth-order valence-corrected chi connectivity index (χ4v) is 6.97. The summed E-state index contributed by atoms with van der Waals surface area (Å²) in [5, 5.41) is 10.4. The maximum atomic E-state index is 2.50. The second-order valence-electron chi connectivity index (χ2n) is 11.0. The molecule has 0 spiro atoms. The molecular weight excluding hydrogens is 482 g/mol. The van der Waals surface area contributed by atoms with Crippen molar-refractivity contribution in [3.63, 3.8) is 0 Å². The lowest BCUT2D eigenvalue weighted by molar-refractivity contribution is 0.980. The smallest absolute Gasteiger partial charge is 0.0620 e. The van der Waals surface area contributed by atoms with Crippen molar-refractivity contribution < 1.29 is 0 Å². The number of para-hydroxylation sites is 1. The van der Waals surface area contributed by atoms with Crippen LogP contribution in [0.1, 0.15) is 22.6 Å². The van der Waals surface area contributed by atoms with Gasteiger partial charge in [0.05, 0.1) is 16.6 Å². The summed E-state index contributed by atoms with van der Waals surface area (Å²) >= 11 is 0.